The number of amides is 2. The molecule has 43 heavy (non-hydrogen) atoms. The minimum atomic E-state index is -0.442. The van der Waals surface area contributed by atoms with Crippen LogP contribution in [0.2, 0.25) is 5.02 Å². The number of nitrogens with one attached hydrogen (secondary N) is 2. The van der Waals surface area contributed by atoms with Gasteiger partial charge in [-0.2, -0.15) is 0 Å². The SMILES string of the molecule is C[N+]1(C)[C@@H]2C[C@@H](OC(=O)Nc3ccc(CCCC(=O)Nc4ccc(C=O)cc4Cl)cc3-c3ccccc3)C[C@H]1[C@@H]1O[C@@H]12.[I-]. The summed E-state index contributed by atoms with van der Waals surface area (Å²) >= 11 is 6.18. The molecular formula is C33H35ClIN3O5. The largest absolute Gasteiger partial charge is 1.00 e. The number of morpholine rings is 1. The molecule has 3 fully saturated rings. The summed E-state index contributed by atoms with van der Waals surface area (Å²) in [4.78, 5) is 36.5. The van der Waals surface area contributed by atoms with E-state index in [1.54, 1.807) is 12.1 Å². The summed E-state index contributed by atoms with van der Waals surface area (Å²) < 4.78 is 12.7. The summed E-state index contributed by atoms with van der Waals surface area (Å²) in [6.45, 7) is 0. The Balaban J connectivity index is 0.00000368. The summed E-state index contributed by atoms with van der Waals surface area (Å²) in [6.07, 6.45) is 4.00. The number of piperidine rings is 1. The molecule has 3 saturated heterocycles. The first kappa shape index (κ1) is 31.4. The van der Waals surface area contributed by atoms with Gasteiger partial charge in [0.15, 0.2) is 0 Å². The number of carbonyl (C=O) groups is 3. The number of aryl methyl sites for hydroxylation is 1. The van der Waals surface area contributed by atoms with Crippen molar-refractivity contribution < 1.29 is 52.3 Å². The number of aldehydes is 1. The molecule has 3 aliphatic rings. The van der Waals surface area contributed by atoms with Crippen molar-refractivity contribution in [2.45, 2.75) is 62.5 Å². The van der Waals surface area contributed by atoms with Crippen LogP contribution in [0, 0.1) is 0 Å². The van der Waals surface area contributed by atoms with Crippen LogP contribution in [0.25, 0.3) is 11.1 Å². The highest BCUT2D eigenvalue weighted by molar-refractivity contribution is 6.34. The lowest BCUT2D eigenvalue weighted by molar-refractivity contribution is -0.938. The second kappa shape index (κ2) is 12.9. The van der Waals surface area contributed by atoms with Crippen molar-refractivity contribution in [3.8, 4) is 11.1 Å². The first-order valence-corrected chi connectivity index (χ1v) is 14.8. The van der Waals surface area contributed by atoms with Crippen molar-refractivity contribution in [1.29, 1.82) is 0 Å². The number of halogens is 2. The molecule has 3 aromatic rings. The Morgan fingerprint density at radius 3 is 2.35 bits per heavy atom. The topological polar surface area (TPSA) is 97.0 Å². The van der Waals surface area contributed by atoms with Crippen LogP contribution in [0.1, 0.15) is 41.6 Å². The minimum absolute atomic E-state index is 0. The van der Waals surface area contributed by atoms with Gasteiger partial charge in [-0.1, -0.05) is 48.0 Å². The number of nitrogens with zero attached hydrogens (tertiary/aromatic N) is 1. The van der Waals surface area contributed by atoms with Gasteiger partial charge in [-0.05, 0) is 54.3 Å². The van der Waals surface area contributed by atoms with Crippen LogP contribution in [0.15, 0.2) is 66.7 Å². The molecule has 2 N–H and O–H groups in total. The van der Waals surface area contributed by atoms with Gasteiger partial charge < -0.3 is 43.3 Å². The van der Waals surface area contributed by atoms with Crippen LogP contribution in [0.3, 0.4) is 0 Å². The molecular weight excluding hydrogens is 681 g/mol. The van der Waals surface area contributed by atoms with Crippen LogP contribution in [-0.4, -0.2) is 67.3 Å². The van der Waals surface area contributed by atoms with E-state index in [1.807, 2.05) is 42.5 Å². The number of hydrogen-bond acceptors (Lipinski definition) is 5. The normalized spacial score (nSPS) is 24.2. The molecule has 5 atom stereocenters. The number of anilines is 2. The lowest BCUT2D eigenvalue weighted by atomic mass is 9.96. The van der Waals surface area contributed by atoms with Crippen molar-refractivity contribution in [3.63, 3.8) is 0 Å². The first-order valence-electron chi connectivity index (χ1n) is 14.4. The second-order valence-electron chi connectivity index (χ2n) is 12.0. The maximum atomic E-state index is 13.1. The molecule has 0 aromatic heterocycles. The van der Waals surface area contributed by atoms with E-state index < -0.39 is 6.09 Å². The van der Waals surface area contributed by atoms with Gasteiger partial charge in [0.2, 0.25) is 5.91 Å². The quantitative estimate of drug-likeness (QED) is 0.154. The average molecular weight is 716 g/mol. The van der Waals surface area contributed by atoms with Gasteiger partial charge in [-0.15, -0.1) is 0 Å². The molecule has 3 heterocycles. The summed E-state index contributed by atoms with van der Waals surface area (Å²) in [5, 5.41) is 6.13. The molecule has 6 rings (SSSR count). The number of epoxide rings is 1. The van der Waals surface area contributed by atoms with E-state index >= 15 is 0 Å². The van der Waals surface area contributed by atoms with Crippen molar-refractivity contribution in [3.05, 3.63) is 82.9 Å². The molecule has 0 spiro atoms. The molecule has 0 saturated carbocycles. The van der Waals surface area contributed by atoms with Crippen LogP contribution < -0.4 is 34.6 Å². The Bertz CT molecular complexity index is 1500. The zero-order chi connectivity index (χ0) is 29.4. The maximum Gasteiger partial charge on any atom is 0.411 e. The van der Waals surface area contributed by atoms with Gasteiger partial charge >= 0.3 is 6.09 Å². The third-order valence-corrected chi connectivity index (χ3v) is 9.30. The molecule has 0 radical (unpaired) electrons. The van der Waals surface area contributed by atoms with Crippen molar-refractivity contribution in [2.75, 3.05) is 24.7 Å². The maximum absolute atomic E-state index is 13.1. The van der Waals surface area contributed by atoms with Gasteiger partial charge in [-0.25, -0.2) is 4.79 Å². The van der Waals surface area contributed by atoms with Crippen molar-refractivity contribution in [1.82, 2.24) is 0 Å². The molecule has 3 aliphatic heterocycles. The molecule has 0 aliphatic carbocycles. The first-order chi connectivity index (χ1) is 20.2. The number of fused-ring (bicyclic) bond motifs is 5. The van der Waals surface area contributed by atoms with Gasteiger partial charge in [-0.3, -0.25) is 14.9 Å². The second-order valence-corrected chi connectivity index (χ2v) is 12.4. The Morgan fingerprint density at radius 2 is 1.67 bits per heavy atom. The lowest BCUT2D eigenvalue weighted by Crippen LogP contribution is -3.00. The van der Waals surface area contributed by atoms with Gasteiger partial charge in [0.1, 0.15) is 36.7 Å². The van der Waals surface area contributed by atoms with Crippen LogP contribution in [0.4, 0.5) is 16.2 Å². The Kier molecular flexibility index (Phi) is 9.46. The number of likely N-dealkylation sites (N-methyl/N-ethyl adjacent to an activating group) is 1. The number of quaternary nitrogens is 1. The molecule has 0 unspecified atom stereocenters. The number of rotatable bonds is 9. The Morgan fingerprint density at radius 1 is 0.977 bits per heavy atom. The summed E-state index contributed by atoms with van der Waals surface area (Å²) in [5.74, 6) is -0.151. The van der Waals surface area contributed by atoms with E-state index in [2.05, 4.69) is 30.8 Å². The third kappa shape index (κ3) is 6.74. The van der Waals surface area contributed by atoms with E-state index in [0.717, 1.165) is 34.0 Å². The molecule has 2 bridgehead atoms. The van der Waals surface area contributed by atoms with Crippen molar-refractivity contribution in [2.24, 2.45) is 0 Å². The Labute approximate surface area is 273 Å². The fourth-order valence-electron chi connectivity index (χ4n) is 6.68. The van der Waals surface area contributed by atoms with Gasteiger partial charge in [0, 0.05) is 30.4 Å². The van der Waals surface area contributed by atoms with Gasteiger partial charge in [0.05, 0.1) is 30.5 Å². The van der Waals surface area contributed by atoms with E-state index in [1.165, 1.54) is 6.07 Å². The highest BCUT2D eigenvalue weighted by atomic mass is 127. The predicted octanol–water partition coefficient (Wildman–Crippen LogP) is 3.09. The third-order valence-electron chi connectivity index (χ3n) is 8.99. The molecule has 10 heteroatoms. The molecule has 2 amide bonds. The average Bonchev–Trinajstić information content (AvgIpc) is 3.74. The standard InChI is InChI=1S/C33H34ClN3O5.HI/c1-37(2)28-17-23(18-29(37)32-31(28)42-32)41-33(40)36-26-13-11-20(15-24(26)22-8-4-3-5-9-22)7-6-10-30(39)35-27-14-12-21(19-38)16-25(27)34;/h3-5,8-9,11-16,19,23,28-29,31-32H,6-7,10,17-18H2,1-2H3,(H-,35,36,38,39,40);1H/t23-,28-,29+,31-,32+;. The zero-order valence-corrected chi connectivity index (χ0v) is 27.0. The lowest BCUT2D eigenvalue weighted by Gasteiger charge is -2.45. The highest BCUT2D eigenvalue weighted by Crippen LogP contribution is 2.51. The number of benzene rings is 3. The van der Waals surface area contributed by atoms with Crippen LogP contribution >= 0.6 is 11.6 Å². The zero-order valence-electron chi connectivity index (χ0n) is 24.1. The Hall–Kier alpha value is -2.99. The smallest absolute Gasteiger partial charge is 0.411 e. The van der Waals surface area contributed by atoms with E-state index in [9.17, 15) is 14.4 Å². The highest BCUT2D eigenvalue weighted by Gasteiger charge is 2.70. The van der Waals surface area contributed by atoms with Gasteiger partial charge in [0.25, 0.3) is 0 Å². The van der Waals surface area contributed by atoms with Crippen LogP contribution in [-0.2, 0) is 20.7 Å². The van der Waals surface area contributed by atoms with Crippen molar-refractivity contribution >= 4 is 41.3 Å². The fourth-order valence-corrected chi connectivity index (χ4v) is 6.91. The van der Waals surface area contributed by atoms with Crippen LogP contribution in [0.5, 0.6) is 0 Å². The van der Waals surface area contributed by atoms with E-state index in [4.69, 9.17) is 21.1 Å². The minimum Gasteiger partial charge on any atom is -1.00 e. The molecule has 226 valence electrons. The summed E-state index contributed by atoms with van der Waals surface area (Å²) in [5.41, 5.74) is 4.54. The number of hydrogen-bond donors (Lipinski definition) is 2. The molecule has 3 aromatic carbocycles. The van der Waals surface area contributed by atoms with E-state index in [0.29, 0.717) is 71.8 Å². The summed E-state index contributed by atoms with van der Waals surface area (Å²) in [6, 6.07) is 21.3. The number of carbonyl (C=O) groups excluding carboxylic acids is 3. The predicted molar refractivity (Wildman–Crippen MR) is 162 cm³/mol. The monoisotopic (exact) mass is 715 g/mol. The number of ether oxygens (including phenoxy) is 2. The fraction of sp³-hybridized carbons (Fsp3) is 0.364. The van der Waals surface area contributed by atoms with E-state index in [-0.39, 0.29) is 36.0 Å². The summed E-state index contributed by atoms with van der Waals surface area (Å²) in [7, 11) is 4.51. The molecule has 8 nitrogen and oxygen atoms in total.